The van der Waals surface area contributed by atoms with Crippen LogP contribution < -0.4 is 15.2 Å². The molecule has 0 spiro atoms. The van der Waals surface area contributed by atoms with E-state index >= 15 is 0 Å². The summed E-state index contributed by atoms with van der Waals surface area (Å²) in [6.07, 6.45) is 9.71. The molecule has 16 nitrogen and oxygen atoms in total. The average molecular weight is 1130 g/mol. The second-order valence-corrected chi connectivity index (χ2v) is 23.5. The van der Waals surface area contributed by atoms with Gasteiger partial charge in [-0.25, -0.2) is 19.6 Å². The highest BCUT2D eigenvalue weighted by atomic mass is 32.2. The third kappa shape index (κ3) is 14.9. The molecule has 0 saturated heterocycles. The number of ether oxygens (including phenoxy) is 2. The van der Waals surface area contributed by atoms with Crippen molar-refractivity contribution in [1.29, 1.82) is 5.26 Å². The van der Waals surface area contributed by atoms with E-state index in [1.54, 1.807) is 48.5 Å². The van der Waals surface area contributed by atoms with Gasteiger partial charge in [0.25, 0.3) is 20.0 Å². The van der Waals surface area contributed by atoms with Crippen LogP contribution in [0.1, 0.15) is 139 Å². The molecule has 2 aliphatic heterocycles. The van der Waals surface area contributed by atoms with Crippen molar-refractivity contribution in [2.24, 2.45) is 5.73 Å². The van der Waals surface area contributed by atoms with Crippen molar-refractivity contribution in [2.75, 3.05) is 9.44 Å². The lowest BCUT2D eigenvalue weighted by Gasteiger charge is -2.38. The number of cyclic esters (lactones) is 2. The minimum Gasteiger partial charge on any atom is -0.512 e. The molecule has 6 aromatic rings. The number of esters is 2. The normalized spacial score (nSPS) is 18.2. The Hall–Kier alpha value is -7.85. The van der Waals surface area contributed by atoms with Gasteiger partial charge in [-0.1, -0.05) is 132 Å². The van der Waals surface area contributed by atoms with Gasteiger partial charge < -0.3 is 25.4 Å². The molecular weight excluding hydrogens is 1050 g/mol. The van der Waals surface area contributed by atoms with Crippen LogP contribution in [0.5, 0.6) is 0 Å². The van der Waals surface area contributed by atoms with Gasteiger partial charge in [0.15, 0.2) is 10.1 Å². The van der Waals surface area contributed by atoms with Crippen molar-refractivity contribution < 1.29 is 47.5 Å². The molecule has 0 unspecified atom stereocenters. The molecule has 0 aliphatic carbocycles. The van der Waals surface area contributed by atoms with Crippen LogP contribution in [0.15, 0.2) is 179 Å². The number of carbonyl (C=O) groups excluding carboxylic acids is 2. The van der Waals surface area contributed by atoms with Crippen molar-refractivity contribution in [3.8, 4) is 6.07 Å². The maximum absolute atomic E-state index is 13.5. The summed E-state index contributed by atoms with van der Waals surface area (Å²) in [5.41, 5.74) is 9.72. The molecule has 0 fully saturated rings. The molecule has 18 heteroatoms. The number of aliphatic hydroxyl groups excluding tert-OH is 2. The second-order valence-electron chi connectivity index (χ2n) is 20.3. The number of aliphatic hydroxyl groups is 2. The monoisotopic (exact) mass is 1120 g/mol. The van der Waals surface area contributed by atoms with Crippen LogP contribution in [0.2, 0.25) is 0 Å². The first-order chi connectivity index (χ1) is 38.4. The third-order valence-corrected chi connectivity index (χ3v) is 17.1. The van der Waals surface area contributed by atoms with Crippen LogP contribution in [0.25, 0.3) is 0 Å². The highest BCUT2D eigenvalue weighted by Crippen LogP contribution is 2.44. The van der Waals surface area contributed by atoms with E-state index in [1.807, 2.05) is 100 Å². The maximum atomic E-state index is 13.5. The minimum absolute atomic E-state index is 0. The number of nitriles is 1. The van der Waals surface area contributed by atoms with Crippen LogP contribution in [0, 0.1) is 11.3 Å². The maximum Gasteiger partial charge on any atom is 0.338 e. The molecule has 6 N–H and O–H groups in total. The molecular formula is C62H72N6O10S2. The lowest BCUT2D eigenvalue weighted by molar-refractivity contribution is -0.162. The molecule has 2 aromatic heterocycles. The van der Waals surface area contributed by atoms with Crippen LogP contribution in [-0.2, 0) is 58.5 Å². The highest BCUT2D eigenvalue weighted by molar-refractivity contribution is 7.93. The third-order valence-electron chi connectivity index (χ3n) is 14.5. The number of nitrogens with two attached hydrogens (primary N) is 1. The Balaban J connectivity index is 0.000000258. The predicted molar refractivity (Wildman–Crippen MR) is 309 cm³/mol. The van der Waals surface area contributed by atoms with Gasteiger partial charge >= 0.3 is 11.9 Å². The van der Waals surface area contributed by atoms with Crippen molar-refractivity contribution in [3.63, 3.8) is 0 Å². The number of benzene rings is 4. The summed E-state index contributed by atoms with van der Waals surface area (Å²) < 4.78 is 68.9. The van der Waals surface area contributed by atoms with Crippen LogP contribution in [0.4, 0.5) is 11.4 Å². The molecule has 0 amide bonds. The zero-order chi connectivity index (χ0) is 57.5. The molecule has 80 heavy (non-hydrogen) atoms. The van der Waals surface area contributed by atoms with Gasteiger partial charge in [0.1, 0.15) is 28.8 Å². The Morgan fingerprint density at radius 1 is 0.600 bits per heavy atom. The summed E-state index contributed by atoms with van der Waals surface area (Å²) in [6, 6.07) is 41.2. The predicted octanol–water partition coefficient (Wildman–Crippen LogP) is 12.2. The Morgan fingerprint density at radius 2 is 1.04 bits per heavy atom. The van der Waals surface area contributed by atoms with Gasteiger partial charge in [0.2, 0.25) is 0 Å². The van der Waals surface area contributed by atoms with Crippen molar-refractivity contribution in [3.05, 3.63) is 202 Å². The van der Waals surface area contributed by atoms with Gasteiger partial charge in [-0.2, -0.15) is 22.1 Å². The van der Waals surface area contributed by atoms with Gasteiger partial charge in [0, 0.05) is 56.4 Å². The Labute approximate surface area is 471 Å². The minimum atomic E-state index is -4.01. The first kappa shape index (κ1) is 59.8. The van der Waals surface area contributed by atoms with Crippen molar-refractivity contribution in [1.82, 2.24) is 9.97 Å². The number of aromatic nitrogens is 2. The molecule has 0 bridgehead atoms. The van der Waals surface area contributed by atoms with E-state index in [-0.39, 0.29) is 64.8 Å². The fourth-order valence-corrected chi connectivity index (χ4v) is 12.6. The topological polar surface area (TPSA) is 261 Å². The summed E-state index contributed by atoms with van der Waals surface area (Å²) >= 11 is 0. The number of nitrogens with zero attached hydrogens (tertiary/aromatic N) is 3. The van der Waals surface area contributed by atoms with Crippen molar-refractivity contribution >= 4 is 43.4 Å². The number of aryl methyl sites for hydroxylation is 2. The summed E-state index contributed by atoms with van der Waals surface area (Å²) in [4.78, 5) is 34.8. The van der Waals surface area contributed by atoms with Crippen LogP contribution in [0.3, 0.4) is 0 Å². The summed E-state index contributed by atoms with van der Waals surface area (Å²) in [5, 5.41) is 31.1. The quantitative estimate of drug-likeness (QED) is 0.0374. The van der Waals surface area contributed by atoms with E-state index in [0.717, 1.165) is 42.4 Å². The standard InChI is InChI=1S/C31H37N3O5S.C31H33N3O5S.H2/c2*1-3-16-31(17-15-22-9-6-5-7-10-22)19-27(35)29(30(36)39-31)26(4-2)24-11-8-12-25(18-24)34-40(37,38)28-14-13-23(20-32)21-33-28;/h5-14,18,21,26,34-35H,3-4,15-17,19-20,32H2,1-2H3;5-14,18,21,26,34-35H,3-4,15-17,19H2,1-2H3;1H/t2*26-,31-;/m11./s1. The number of hydrogen-bond acceptors (Lipinski definition) is 14. The summed E-state index contributed by atoms with van der Waals surface area (Å²) in [7, 11) is -7.95. The lowest BCUT2D eigenvalue weighted by atomic mass is 9.80. The molecule has 2 aliphatic rings. The number of hydrogen-bond donors (Lipinski definition) is 5. The fraction of sp³-hybridized carbons (Fsp3) is 0.339. The van der Waals surface area contributed by atoms with Crippen LogP contribution >= 0.6 is 0 Å². The number of pyridine rings is 2. The molecule has 4 atom stereocenters. The number of sulfonamides is 2. The van der Waals surface area contributed by atoms with E-state index in [1.165, 1.54) is 30.6 Å². The van der Waals surface area contributed by atoms with E-state index in [2.05, 4.69) is 19.4 Å². The second kappa shape index (κ2) is 26.9. The number of nitrogens with one attached hydrogen (secondary N) is 2. The van der Waals surface area contributed by atoms with E-state index in [4.69, 9.17) is 20.5 Å². The van der Waals surface area contributed by atoms with Gasteiger partial charge in [0.05, 0.1) is 16.7 Å². The SMILES string of the molecule is CCC[C@@]1(CCc2ccccc2)CC(O)=C([C@H](CC)c2cccc(NS(=O)(=O)c3ccc(C#N)cn3)c2)C(=O)O1.CCC[C@@]1(CCc2ccccc2)CC(O)=C([C@H](CC)c2cccc(NS(=O)(=O)c3ccc(CN)cn3)c2)C(=O)O1.[HH]. The van der Waals surface area contributed by atoms with Gasteiger partial charge in [-0.3, -0.25) is 9.44 Å². The van der Waals surface area contributed by atoms with E-state index in [9.17, 15) is 36.6 Å². The zero-order valence-electron chi connectivity index (χ0n) is 45.6. The Morgan fingerprint density at radius 3 is 1.39 bits per heavy atom. The average Bonchev–Trinajstić information content (AvgIpc) is 3.56. The molecule has 422 valence electrons. The largest absolute Gasteiger partial charge is 0.512 e. The molecule has 4 aromatic carbocycles. The molecule has 8 rings (SSSR count). The number of carbonyl (C=O) groups is 2. The molecule has 4 heterocycles. The number of rotatable bonds is 23. The smallest absolute Gasteiger partial charge is 0.338 e. The Bertz CT molecular complexity index is 3450. The van der Waals surface area contributed by atoms with E-state index in [0.29, 0.717) is 55.3 Å². The summed E-state index contributed by atoms with van der Waals surface area (Å²) in [5.74, 6) is -1.94. The first-order valence-electron chi connectivity index (χ1n) is 27.1. The van der Waals surface area contributed by atoms with Gasteiger partial charge in [-0.05, 0) is 122 Å². The van der Waals surface area contributed by atoms with Gasteiger partial charge in [-0.15, -0.1) is 0 Å². The zero-order valence-corrected chi connectivity index (χ0v) is 47.2. The molecule has 0 radical (unpaired) electrons. The molecule has 0 saturated carbocycles. The number of anilines is 2. The summed E-state index contributed by atoms with van der Waals surface area (Å²) in [6.45, 7) is 8.15. The van der Waals surface area contributed by atoms with Crippen LogP contribution in [-0.4, -0.2) is 60.2 Å². The highest BCUT2D eigenvalue weighted by Gasteiger charge is 2.45. The van der Waals surface area contributed by atoms with E-state index < -0.39 is 55.0 Å². The first-order valence-corrected chi connectivity index (χ1v) is 30.0. The van der Waals surface area contributed by atoms with Crippen molar-refractivity contribution in [2.45, 2.75) is 144 Å². The lowest BCUT2D eigenvalue weighted by Crippen LogP contribution is -2.41. The Kier molecular flexibility index (Phi) is 20.1. The fourth-order valence-electron chi connectivity index (χ4n) is 10.6.